The van der Waals surface area contributed by atoms with Crippen molar-refractivity contribution in [2.45, 2.75) is 42.2 Å². The topological polar surface area (TPSA) is 35.5 Å². The number of carbonyl (C=O) groups is 1. The SMILES string of the molecule is COc1cc(C=O)ccc1OCCC(F)(F)C(F)(F)C(F)(F)C(F)(F)C(F)(F)C(F)(F)F. The Morgan fingerprint density at radius 3 is 1.69 bits per heavy atom. The Hall–Kier alpha value is -2.42. The molecule has 1 aromatic rings. The molecule has 184 valence electrons. The zero-order valence-corrected chi connectivity index (χ0v) is 15.4. The number of aldehydes is 1. The van der Waals surface area contributed by atoms with Crippen molar-refractivity contribution in [2.24, 2.45) is 0 Å². The van der Waals surface area contributed by atoms with Gasteiger partial charge in [0, 0.05) is 5.56 Å². The minimum absolute atomic E-state index is 0.0291. The van der Waals surface area contributed by atoms with Gasteiger partial charge in [-0.25, -0.2) is 0 Å². The quantitative estimate of drug-likeness (QED) is 0.293. The van der Waals surface area contributed by atoms with Crippen LogP contribution in [0.15, 0.2) is 18.2 Å². The predicted octanol–water partition coefficient (Wildman–Crippen LogP) is 6.02. The molecule has 0 N–H and O–H groups in total. The van der Waals surface area contributed by atoms with Gasteiger partial charge in [-0.3, -0.25) is 4.79 Å². The summed E-state index contributed by atoms with van der Waals surface area (Å²) in [5.41, 5.74) is -0.0291. The molecule has 1 aromatic carbocycles. The molecule has 0 aliphatic heterocycles. The summed E-state index contributed by atoms with van der Waals surface area (Å²) in [5, 5.41) is 0. The van der Waals surface area contributed by atoms with Crippen molar-refractivity contribution < 1.29 is 71.3 Å². The molecular weight excluding hydrogens is 487 g/mol. The number of alkyl halides is 13. The molecule has 0 aliphatic carbocycles. The van der Waals surface area contributed by atoms with E-state index < -0.39 is 54.6 Å². The number of hydrogen-bond donors (Lipinski definition) is 0. The second kappa shape index (κ2) is 8.50. The first-order valence-electron chi connectivity index (χ1n) is 7.93. The molecule has 0 saturated heterocycles. The van der Waals surface area contributed by atoms with Crippen molar-refractivity contribution in [1.82, 2.24) is 0 Å². The van der Waals surface area contributed by atoms with Crippen LogP contribution in [0.2, 0.25) is 0 Å². The maximum atomic E-state index is 13.7. The van der Waals surface area contributed by atoms with Crippen LogP contribution >= 0.6 is 0 Å². The van der Waals surface area contributed by atoms with Gasteiger partial charge in [-0.05, 0) is 18.2 Å². The van der Waals surface area contributed by atoms with Gasteiger partial charge in [-0.1, -0.05) is 0 Å². The Balaban J connectivity index is 3.15. The van der Waals surface area contributed by atoms with Gasteiger partial charge in [0.2, 0.25) is 0 Å². The number of hydrogen-bond acceptors (Lipinski definition) is 3. The standard InChI is InChI=1S/C16H11F13O3/c1-31-10-6-8(7-30)2-3-9(10)32-5-4-11(17,18)12(19,20)13(21,22)14(23,24)15(25,26)16(27,28)29/h2-3,6-7H,4-5H2,1H3. The second-order valence-electron chi connectivity index (χ2n) is 6.13. The normalized spacial score (nSPS) is 14.3. The summed E-state index contributed by atoms with van der Waals surface area (Å²) in [6, 6.07) is 2.89. The van der Waals surface area contributed by atoms with Gasteiger partial charge in [-0.15, -0.1) is 0 Å². The number of methoxy groups -OCH3 is 1. The minimum atomic E-state index is -7.94. The summed E-state index contributed by atoms with van der Waals surface area (Å²) in [4.78, 5) is 10.6. The van der Waals surface area contributed by atoms with E-state index in [1.165, 1.54) is 0 Å². The maximum absolute atomic E-state index is 13.7. The van der Waals surface area contributed by atoms with Crippen LogP contribution < -0.4 is 9.47 Å². The molecule has 16 heteroatoms. The van der Waals surface area contributed by atoms with E-state index in [9.17, 15) is 61.9 Å². The van der Waals surface area contributed by atoms with Crippen LogP contribution in [0.1, 0.15) is 16.8 Å². The van der Waals surface area contributed by atoms with Crippen LogP contribution in [-0.2, 0) is 0 Å². The summed E-state index contributed by atoms with van der Waals surface area (Å²) in [6.45, 7) is -1.63. The van der Waals surface area contributed by atoms with Crippen molar-refractivity contribution in [1.29, 1.82) is 0 Å². The van der Waals surface area contributed by atoms with Gasteiger partial charge < -0.3 is 9.47 Å². The molecule has 0 saturated carbocycles. The van der Waals surface area contributed by atoms with Crippen LogP contribution in [0.5, 0.6) is 11.5 Å². The zero-order valence-electron chi connectivity index (χ0n) is 15.4. The van der Waals surface area contributed by atoms with E-state index >= 15 is 0 Å². The van der Waals surface area contributed by atoms with Gasteiger partial charge in [0.1, 0.15) is 6.29 Å². The van der Waals surface area contributed by atoms with Crippen LogP contribution in [0.25, 0.3) is 0 Å². The fourth-order valence-corrected chi connectivity index (χ4v) is 2.12. The molecule has 32 heavy (non-hydrogen) atoms. The first-order chi connectivity index (χ1) is 14.2. The van der Waals surface area contributed by atoms with Crippen molar-refractivity contribution in [3.63, 3.8) is 0 Å². The summed E-state index contributed by atoms with van der Waals surface area (Å²) in [7, 11) is 0.989. The Morgan fingerprint density at radius 2 is 1.25 bits per heavy atom. The van der Waals surface area contributed by atoms with Gasteiger partial charge >= 0.3 is 35.8 Å². The highest BCUT2D eigenvalue weighted by atomic mass is 19.4. The highest BCUT2D eigenvalue weighted by Gasteiger charge is 2.90. The van der Waals surface area contributed by atoms with Gasteiger partial charge in [0.25, 0.3) is 0 Å². The lowest BCUT2D eigenvalue weighted by atomic mass is 9.93. The van der Waals surface area contributed by atoms with E-state index in [4.69, 9.17) is 0 Å². The van der Waals surface area contributed by atoms with Crippen LogP contribution in [0.3, 0.4) is 0 Å². The molecule has 0 radical (unpaired) electrons. The highest BCUT2D eigenvalue weighted by Crippen LogP contribution is 2.60. The molecule has 0 aliphatic rings. The molecule has 1 rings (SSSR count). The molecule has 0 heterocycles. The Kier molecular flexibility index (Phi) is 7.33. The number of ether oxygens (including phenoxy) is 2. The van der Waals surface area contributed by atoms with E-state index in [0.717, 1.165) is 25.3 Å². The number of rotatable bonds is 10. The third-order valence-corrected chi connectivity index (χ3v) is 4.00. The van der Waals surface area contributed by atoms with E-state index in [-0.39, 0.29) is 11.3 Å². The first-order valence-corrected chi connectivity index (χ1v) is 7.93. The first kappa shape index (κ1) is 27.6. The van der Waals surface area contributed by atoms with Crippen molar-refractivity contribution >= 4 is 6.29 Å². The Morgan fingerprint density at radius 1 is 0.750 bits per heavy atom. The van der Waals surface area contributed by atoms with Crippen molar-refractivity contribution in [2.75, 3.05) is 13.7 Å². The smallest absolute Gasteiger partial charge is 0.460 e. The third kappa shape index (κ3) is 4.40. The van der Waals surface area contributed by atoms with Gasteiger partial charge in [-0.2, -0.15) is 57.1 Å². The Bertz CT molecular complexity index is 818. The van der Waals surface area contributed by atoms with Gasteiger partial charge in [0.05, 0.1) is 20.1 Å². The molecule has 0 amide bonds. The summed E-state index contributed by atoms with van der Waals surface area (Å²) in [5.74, 6) is -38.0. The summed E-state index contributed by atoms with van der Waals surface area (Å²) >= 11 is 0. The lowest BCUT2D eigenvalue weighted by Crippen LogP contribution is -2.70. The molecule has 0 aromatic heterocycles. The summed E-state index contributed by atoms with van der Waals surface area (Å²) < 4.78 is 178. The highest BCUT2D eigenvalue weighted by molar-refractivity contribution is 5.76. The molecule has 0 bridgehead atoms. The second-order valence-corrected chi connectivity index (χ2v) is 6.13. The third-order valence-electron chi connectivity index (χ3n) is 4.00. The number of carbonyl (C=O) groups excluding carboxylic acids is 1. The predicted molar refractivity (Wildman–Crippen MR) is 79.3 cm³/mol. The molecule has 3 nitrogen and oxygen atoms in total. The van der Waals surface area contributed by atoms with Crippen LogP contribution in [0.4, 0.5) is 57.1 Å². The molecule has 0 spiro atoms. The number of benzene rings is 1. The van der Waals surface area contributed by atoms with E-state index in [2.05, 4.69) is 9.47 Å². The summed E-state index contributed by atoms with van der Waals surface area (Å²) in [6.07, 6.45) is -9.67. The fourth-order valence-electron chi connectivity index (χ4n) is 2.12. The average molecular weight is 498 g/mol. The van der Waals surface area contributed by atoms with Gasteiger partial charge in [0.15, 0.2) is 11.5 Å². The Labute approximate surface area is 170 Å². The lowest BCUT2D eigenvalue weighted by Gasteiger charge is -2.39. The molecule has 0 atom stereocenters. The van der Waals surface area contributed by atoms with Crippen LogP contribution in [0, 0.1) is 0 Å². The van der Waals surface area contributed by atoms with Crippen LogP contribution in [-0.4, -0.2) is 55.8 Å². The average Bonchev–Trinajstić information content (AvgIpc) is 2.66. The lowest BCUT2D eigenvalue weighted by molar-refractivity contribution is -0.440. The minimum Gasteiger partial charge on any atom is -0.493 e. The largest absolute Gasteiger partial charge is 0.493 e. The van der Waals surface area contributed by atoms with Crippen molar-refractivity contribution in [3.8, 4) is 11.5 Å². The fraction of sp³-hybridized carbons (Fsp3) is 0.562. The maximum Gasteiger partial charge on any atom is 0.460 e. The van der Waals surface area contributed by atoms with E-state index in [0.29, 0.717) is 6.29 Å². The zero-order chi connectivity index (χ0) is 25.4. The molecular formula is C16H11F13O3. The monoisotopic (exact) mass is 498 g/mol. The molecule has 0 fully saturated rings. The molecule has 0 unspecified atom stereocenters. The number of halogens is 13. The van der Waals surface area contributed by atoms with E-state index in [1.54, 1.807) is 0 Å². The van der Waals surface area contributed by atoms with E-state index in [1.807, 2.05) is 0 Å². The van der Waals surface area contributed by atoms with Crippen molar-refractivity contribution in [3.05, 3.63) is 23.8 Å².